The SMILES string of the molecule is Cc1nn(-c2cc([C@@H](C)O)ccn2)c(C)c1C. The number of aliphatic hydroxyl groups is 1. The van der Waals surface area contributed by atoms with Crippen molar-refractivity contribution in [3.63, 3.8) is 0 Å². The summed E-state index contributed by atoms with van der Waals surface area (Å²) in [6, 6.07) is 3.68. The number of hydrogen-bond donors (Lipinski definition) is 1. The van der Waals surface area contributed by atoms with Gasteiger partial charge in [0.2, 0.25) is 0 Å². The standard InChI is InChI=1S/C13H17N3O/c1-8-9(2)15-16(10(8)3)13-7-12(11(4)17)5-6-14-13/h5-7,11,17H,1-4H3/t11-/m1/s1. The monoisotopic (exact) mass is 231 g/mol. The van der Waals surface area contributed by atoms with Crippen LogP contribution in [0.25, 0.3) is 5.82 Å². The Hall–Kier alpha value is -1.68. The second-order valence-corrected chi connectivity index (χ2v) is 4.33. The zero-order chi connectivity index (χ0) is 12.6. The fraction of sp³-hybridized carbons (Fsp3) is 0.385. The van der Waals surface area contributed by atoms with Crippen LogP contribution in [0.2, 0.25) is 0 Å². The Labute approximate surface area is 101 Å². The van der Waals surface area contributed by atoms with Crippen LogP contribution in [0.3, 0.4) is 0 Å². The van der Waals surface area contributed by atoms with E-state index in [1.165, 1.54) is 5.56 Å². The highest BCUT2D eigenvalue weighted by Crippen LogP contribution is 2.18. The Morgan fingerprint density at radius 2 is 2.00 bits per heavy atom. The molecule has 2 heterocycles. The van der Waals surface area contributed by atoms with E-state index < -0.39 is 6.10 Å². The lowest BCUT2D eigenvalue weighted by Crippen LogP contribution is -2.03. The van der Waals surface area contributed by atoms with E-state index >= 15 is 0 Å². The van der Waals surface area contributed by atoms with Gasteiger partial charge in [-0.25, -0.2) is 9.67 Å². The number of nitrogens with zero attached hydrogens (tertiary/aromatic N) is 3. The summed E-state index contributed by atoms with van der Waals surface area (Å²) in [5.41, 5.74) is 4.11. The molecule has 0 bridgehead atoms. The van der Waals surface area contributed by atoms with Crippen molar-refractivity contribution in [2.24, 2.45) is 0 Å². The molecule has 0 saturated heterocycles. The summed E-state index contributed by atoms with van der Waals surface area (Å²) < 4.78 is 1.82. The van der Waals surface area contributed by atoms with E-state index in [1.54, 1.807) is 13.1 Å². The van der Waals surface area contributed by atoms with Gasteiger partial charge in [-0.3, -0.25) is 0 Å². The second kappa shape index (κ2) is 4.30. The molecule has 4 nitrogen and oxygen atoms in total. The van der Waals surface area contributed by atoms with Crippen LogP contribution in [0.5, 0.6) is 0 Å². The van der Waals surface area contributed by atoms with E-state index in [-0.39, 0.29) is 0 Å². The van der Waals surface area contributed by atoms with Crippen molar-refractivity contribution >= 4 is 0 Å². The fourth-order valence-electron chi connectivity index (χ4n) is 1.75. The molecule has 0 amide bonds. The molecule has 0 aliphatic rings. The Morgan fingerprint density at radius 1 is 1.29 bits per heavy atom. The van der Waals surface area contributed by atoms with Crippen molar-refractivity contribution in [2.45, 2.75) is 33.8 Å². The second-order valence-electron chi connectivity index (χ2n) is 4.33. The fourth-order valence-corrected chi connectivity index (χ4v) is 1.75. The third-order valence-electron chi connectivity index (χ3n) is 3.12. The third-order valence-corrected chi connectivity index (χ3v) is 3.12. The third kappa shape index (κ3) is 2.08. The van der Waals surface area contributed by atoms with Crippen molar-refractivity contribution in [3.8, 4) is 5.82 Å². The molecule has 0 fully saturated rings. The van der Waals surface area contributed by atoms with Crippen LogP contribution in [-0.4, -0.2) is 19.9 Å². The van der Waals surface area contributed by atoms with Crippen molar-refractivity contribution in [2.75, 3.05) is 0 Å². The minimum atomic E-state index is -0.491. The Bertz CT molecular complexity index is 544. The molecule has 17 heavy (non-hydrogen) atoms. The van der Waals surface area contributed by atoms with E-state index in [0.29, 0.717) is 0 Å². The van der Waals surface area contributed by atoms with Crippen molar-refractivity contribution < 1.29 is 5.11 Å². The number of rotatable bonds is 2. The Morgan fingerprint density at radius 3 is 2.53 bits per heavy atom. The van der Waals surface area contributed by atoms with Crippen LogP contribution >= 0.6 is 0 Å². The van der Waals surface area contributed by atoms with Crippen LogP contribution in [-0.2, 0) is 0 Å². The van der Waals surface area contributed by atoms with E-state index in [1.807, 2.05) is 37.6 Å². The molecule has 0 spiro atoms. The van der Waals surface area contributed by atoms with E-state index in [0.717, 1.165) is 22.8 Å². The molecule has 0 unspecified atom stereocenters. The van der Waals surface area contributed by atoms with Crippen LogP contribution in [0.4, 0.5) is 0 Å². The minimum absolute atomic E-state index is 0.491. The minimum Gasteiger partial charge on any atom is -0.389 e. The summed E-state index contributed by atoms with van der Waals surface area (Å²) >= 11 is 0. The van der Waals surface area contributed by atoms with Crippen molar-refractivity contribution in [1.29, 1.82) is 0 Å². The van der Waals surface area contributed by atoms with Gasteiger partial charge in [0.15, 0.2) is 5.82 Å². The average Bonchev–Trinajstić information content (AvgIpc) is 2.57. The zero-order valence-electron chi connectivity index (χ0n) is 10.6. The van der Waals surface area contributed by atoms with Crippen LogP contribution in [0.1, 0.15) is 35.5 Å². The highest BCUT2D eigenvalue weighted by molar-refractivity contribution is 5.34. The highest BCUT2D eigenvalue weighted by atomic mass is 16.3. The largest absolute Gasteiger partial charge is 0.389 e. The highest BCUT2D eigenvalue weighted by Gasteiger charge is 2.11. The summed E-state index contributed by atoms with van der Waals surface area (Å²) in [4.78, 5) is 4.30. The predicted octanol–water partition coefficient (Wildman–Crippen LogP) is 2.25. The summed E-state index contributed by atoms with van der Waals surface area (Å²) in [6.45, 7) is 7.79. The van der Waals surface area contributed by atoms with E-state index in [4.69, 9.17) is 0 Å². The molecule has 0 aliphatic carbocycles. The first kappa shape index (κ1) is 11.8. The summed E-state index contributed by atoms with van der Waals surface area (Å²) in [5.74, 6) is 0.747. The lowest BCUT2D eigenvalue weighted by Gasteiger charge is -2.08. The summed E-state index contributed by atoms with van der Waals surface area (Å²) in [6.07, 6.45) is 1.21. The number of aliphatic hydroxyl groups excluding tert-OH is 1. The first-order valence-electron chi connectivity index (χ1n) is 5.68. The van der Waals surface area contributed by atoms with E-state index in [9.17, 15) is 5.11 Å². The van der Waals surface area contributed by atoms with Gasteiger partial charge in [0.25, 0.3) is 0 Å². The van der Waals surface area contributed by atoms with Gasteiger partial charge in [-0.2, -0.15) is 5.10 Å². The van der Waals surface area contributed by atoms with Gasteiger partial charge in [-0.15, -0.1) is 0 Å². The van der Waals surface area contributed by atoms with Gasteiger partial charge in [0.05, 0.1) is 11.8 Å². The molecule has 0 saturated carbocycles. The topological polar surface area (TPSA) is 50.9 Å². The normalized spacial score (nSPS) is 12.8. The van der Waals surface area contributed by atoms with Gasteiger partial charge < -0.3 is 5.11 Å². The predicted molar refractivity (Wildman–Crippen MR) is 66.2 cm³/mol. The Balaban J connectivity index is 2.53. The molecule has 4 heteroatoms. The first-order valence-corrected chi connectivity index (χ1v) is 5.68. The van der Waals surface area contributed by atoms with Gasteiger partial charge in [0, 0.05) is 11.9 Å². The van der Waals surface area contributed by atoms with Gasteiger partial charge in [0.1, 0.15) is 0 Å². The molecular weight excluding hydrogens is 214 g/mol. The number of aryl methyl sites for hydroxylation is 1. The summed E-state index contributed by atoms with van der Waals surface area (Å²) in [7, 11) is 0. The van der Waals surface area contributed by atoms with Gasteiger partial charge in [-0.05, 0) is 51.0 Å². The van der Waals surface area contributed by atoms with Crippen LogP contribution in [0, 0.1) is 20.8 Å². The molecule has 1 N–H and O–H groups in total. The van der Waals surface area contributed by atoms with Gasteiger partial charge in [-0.1, -0.05) is 0 Å². The molecule has 0 radical (unpaired) electrons. The van der Waals surface area contributed by atoms with E-state index in [2.05, 4.69) is 10.1 Å². The first-order chi connectivity index (χ1) is 8.00. The van der Waals surface area contributed by atoms with Crippen LogP contribution < -0.4 is 0 Å². The summed E-state index contributed by atoms with van der Waals surface area (Å²) in [5, 5.41) is 14.0. The molecule has 0 aromatic carbocycles. The number of pyridine rings is 1. The zero-order valence-corrected chi connectivity index (χ0v) is 10.6. The van der Waals surface area contributed by atoms with Crippen molar-refractivity contribution in [1.82, 2.24) is 14.8 Å². The molecule has 2 aromatic heterocycles. The van der Waals surface area contributed by atoms with Crippen LogP contribution in [0.15, 0.2) is 18.3 Å². The molecule has 1 atom stereocenters. The molecule has 0 aliphatic heterocycles. The maximum Gasteiger partial charge on any atom is 0.153 e. The maximum atomic E-state index is 9.57. The maximum absolute atomic E-state index is 9.57. The quantitative estimate of drug-likeness (QED) is 0.862. The van der Waals surface area contributed by atoms with Crippen molar-refractivity contribution in [3.05, 3.63) is 40.8 Å². The lowest BCUT2D eigenvalue weighted by molar-refractivity contribution is 0.199. The number of aromatic nitrogens is 3. The molecule has 2 aromatic rings. The lowest BCUT2D eigenvalue weighted by atomic mass is 10.2. The molecular formula is C13H17N3O. The Kier molecular flexibility index (Phi) is 2.98. The molecule has 90 valence electrons. The smallest absolute Gasteiger partial charge is 0.153 e. The average molecular weight is 231 g/mol. The number of hydrogen-bond acceptors (Lipinski definition) is 3. The van der Waals surface area contributed by atoms with Gasteiger partial charge >= 0.3 is 0 Å². The molecule has 2 rings (SSSR count).